The molecule has 86 valence electrons. The van der Waals surface area contributed by atoms with Crippen LogP contribution in [0.4, 0.5) is 0 Å². The molecule has 0 radical (unpaired) electrons. The van der Waals surface area contributed by atoms with Gasteiger partial charge in [-0.3, -0.25) is 4.79 Å². The van der Waals surface area contributed by atoms with Gasteiger partial charge in [0.2, 0.25) is 0 Å². The van der Waals surface area contributed by atoms with Gasteiger partial charge in [-0.1, -0.05) is 11.6 Å². The molecule has 0 aromatic heterocycles. The van der Waals surface area contributed by atoms with Crippen molar-refractivity contribution in [2.45, 2.75) is 18.9 Å². The number of aliphatic carboxylic acids is 1. The maximum absolute atomic E-state index is 10.7. The molecule has 0 unspecified atom stereocenters. The lowest BCUT2D eigenvalue weighted by Crippen LogP contribution is -2.32. The molecule has 3 N–H and O–H groups in total. The summed E-state index contributed by atoms with van der Waals surface area (Å²) in [6.45, 7) is 0.616. The van der Waals surface area contributed by atoms with Crippen molar-refractivity contribution in [3.63, 3.8) is 0 Å². The minimum absolute atomic E-state index is 0.234. The predicted octanol–water partition coefficient (Wildman–Crippen LogP) is 1.23. The number of nitrogens with two attached hydrogens (primary N) is 1. The van der Waals surface area contributed by atoms with E-state index in [1.54, 1.807) is 6.07 Å². The van der Waals surface area contributed by atoms with Crippen LogP contribution in [0.3, 0.4) is 0 Å². The average molecular weight is 242 g/mol. The van der Waals surface area contributed by atoms with E-state index in [1.807, 2.05) is 6.07 Å². The molecule has 0 saturated heterocycles. The molecule has 5 heteroatoms. The summed E-state index contributed by atoms with van der Waals surface area (Å²) in [5.74, 6) is -0.271. The van der Waals surface area contributed by atoms with Crippen molar-refractivity contribution in [3.8, 4) is 5.75 Å². The summed E-state index contributed by atoms with van der Waals surface area (Å²) in [6.07, 6.45) is 1.05. The third-order valence-electron chi connectivity index (χ3n) is 2.58. The Bertz CT molecular complexity index is 433. The molecular weight excluding hydrogens is 230 g/mol. The SMILES string of the molecule is N[C@H](Cc1cc(Cl)cc2c1OCC2)C(=O)O. The number of carboxylic acid groups (broad SMARTS) is 1. The Morgan fingerprint density at radius 3 is 3.06 bits per heavy atom. The zero-order chi connectivity index (χ0) is 11.7. The molecule has 0 saturated carbocycles. The molecule has 1 aromatic rings. The van der Waals surface area contributed by atoms with Crippen molar-refractivity contribution in [1.82, 2.24) is 0 Å². The van der Waals surface area contributed by atoms with E-state index in [0.717, 1.165) is 23.3 Å². The van der Waals surface area contributed by atoms with Crippen molar-refractivity contribution in [1.29, 1.82) is 0 Å². The number of ether oxygens (including phenoxy) is 1. The van der Waals surface area contributed by atoms with Gasteiger partial charge in [0.15, 0.2) is 0 Å². The second-order valence-corrected chi connectivity index (χ2v) is 4.24. The molecule has 1 aliphatic heterocycles. The highest BCUT2D eigenvalue weighted by atomic mass is 35.5. The van der Waals surface area contributed by atoms with Gasteiger partial charge in [-0.25, -0.2) is 0 Å². The lowest BCUT2D eigenvalue weighted by Gasteiger charge is -2.11. The van der Waals surface area contributed by atoms with Crippen LogP contribution in [0, 0.1) is 0 Å². The summed E-state index contributed by atoms with van der Waals surface area (Å²) in [5.41, 5.74) is 7.30. The van der Waals surface area contributed by atoms with E-state index in [1.165, 1.54) is 0 Å². The van der Waals surface area contributed by atoms with E-state index in [0.29, 0.717) is 11.6 Å². The van der Waals surface area contributed by atoms with Crippen LogP contribution >= 0.6 is 11.6 Å². The number of hydrogen-bond donors (Lipinski definition) is 2. The number of hydrogen-bond acceptors (Lipinski definition) is 3. The first-order chi connectivity index (χ1) is 7.58. The molecule has 0 bridgehead atoms. The Morgan fingerprint density at radius 2 is 2.38 bits per heavy atom. The van der Waals surface area contributed by atoms with Crippen molar-refractivity contribution in [3.05, 3.63) is 28.3 Å². The second kappa shape index (κ2) is 4.31. The summed E-state index contributed by atoms with van der Waals surface area (Å²) in [6, 6.07) is 2.64. The summed E-state index contributed by atoms with van der Waals surface area (Å²) in [7, 11) is 0. The Morgan fingerprint density at radius 1 is 1.62 bits per heavy atom. The van der Waals surface area contributed by atoms with Gasteiger partial charge in [-0.15, -0.1) is 0 Å². The normalized spacial score (nSPS) is 15.4. The van der Waals surface area contributed by atoms with Crippen LogP contribution in [-0.2, 0) is 17.6 Å². The Balaban J connectivity index is 2.30. The van der Waals surface area contributed by atoms with Gasteiger partial charge in [0.1, 0.15) is 11.8 Å². The average Bonchev–Trinajstić information content (AvgIpc) is 2.65. The first kappa shape index (κ1) is 11.2. The zero-order valence-electron chi connectivity index (χ0n) is 8.57. The third-order valence-corrected chi connectivity index (χ3v) is 2.80. The molecule has 0 spiro atoms. The molecule has 0 fully saturated rings. The van der Waals surface area contributed by atoms with Crippen LogP contribution in [-0.4, -0.2) is 23.7 Å². The highest BCUT2D eigenvalue weighted by molar-refractivity contribution is 6.30. The minimum Gasteiger partial charge on any atom is -0.493 e. The van der Waals surface area contributed by atoms with Gasteiger partial charge >= 0.3 is 5.97 Å². The van der Waals surface area contributed by atoms with Crippen molar-refractivity contribution >= 4 is 17.6 Å². The molecule has 1 atom stereocenters. The van der Waals surface area contributed by atoms with Crippen LogP contribution in [0.25, 0.3) is 0 Å². The molecule has 4 nitrogen and oxygen atoms in total. The van der Waals surface area contributed by atoms with Crippen LogP contribution in [0.1, 0.15) is 11.1 Å². The first-order valence-corrected chi connectivity index (χ1v) is 5.38. The first-order valence-electron chi connectivity index (χ1n) is 5.00. The molecule has 1 aromatic carbocycles. The largest absolute Gasteiger partial charge is 0.493 e. The Kier molecular flexibility index (Phi) is 3.03. The number of rotatable bonds is 3. The number of benzene rings is 1. The lowest BCUT2D eigenvalue weighted by molar-refractivity contribution is -0.138. The van der Waals surface area contributed by atoms with Crippen molar-refractivity contribution in [2.75, 3.05) is 6.61 Å². The highest BCUT2D eigenvalue weighted by Gasteiger charge is 2.21. The standard InChI is InChI=1S/C11H12ClNO3/c12-8-3-6-1-2-16-10(6)7(4-8)5-9(13)11(14)15/h3-4,9H,1-2,5,13H2,(H,14,15)/t9-/m1/s1. The topological polar surface area (TPSA) is 72.5 Å². The number of carbonyl (C=O) groups is 1. The van der Waals surface area contributed by atoms with Crippen molar-refractivity contribution in [2.24, 2.45) is 5.73 Å². The molecule has 16 heavy (non-hydrogen) atoms. The smallest absolute Gasteiger partial charge is 0.320 e. The second-order valence-electron chi connectivity index (χ2n) is 3.80. The van der Waals surface area contributed by atoms with E-state index in [9.17, 15) is 4.79 Å². The Labute approximate surface area is 98.0 Å². The van der Waals surface area contributed by atoms with Crippen LogP contribution in [0.15, 0.2) is 12.1 Å². The fraction of sp³-hybridized carbons (Fsp3) is 0.364. The summed E-state index contributed by atoms with van der Waals surface area (Å²) < 4.78 is 5.46. The van der Waals surface area contributed by atoms with Gasteiger partial charge in [-0.05, 0) is 23.3 Å². The number of halogens is 1. The van der Waals surface area contributed by atoms with Crippen LogP contribution < -0.4 is 10.5 Å². The van der Waals surface area contributed by atoms with E-state index in [2.05, 4.69) is 0 Å². The van der Waals surface area contributed by atoms with E-state index in [-0.39, 0.29) is 6.42 Å². The maximum atomic E-state index is 10.7. The number of fused-ring (bicyclic) bond motifs is 1. The van der Waals surface area contributed by atoms with E-state index >= 15 is 0 Å². The van der Waals surface area contributed by atoms with Crippen molar-refractivity contribution < 1.29 is 14.6 Å². The molecule has 1 heterocycles. The minimum atomic E-state index is -1.02. The molecular formula is C11H12ClNO3. The summed E-state index contributed by atoms with van der Waals surface area (Å²) in [5, 5.41) is 9.36. The van der Waals surface area contributed by atoms with Gasteiger partial charge in [0, 0.05) is 17.9 Å². The van der Waals surface area contributed by atoms with Gasteiger partial charge in [0.25, 0.3) is 0 Å². The molecule has 2 rings (SSSR count). The molecule has 1 aliphatic rings. The third kappa shape index (κ3) is 2.13. The fourth-order valence-electron chi connectivity index (χ4n) is 1.82. The quantitative estimate of drug-likeness (QED) is 0.835. The Hall–Kier alpha value is -1.26. The zero-order valence-corrected chi connectivity index (χ0v) is 9.33. The van der Waals surface area contributed by atoms with Crippen LogP contribution in [0.5, 0.6) is 5.75 Å². The van der Waals surface area contributed by atoms with E-state index < -0.39 is 12.0 Å². The number of carboxylic acids is 1. The van der Waals surface area contributed by atoms with Gasteiger partial charge in [-0.2, -0.15) is 0 Å². The summed E-state index contributed by atoms with van der Waals surface area (Å²) in [4.78, 5) is 10.7. The van der Waals surface area contributed by atoms with E-state index in [4.69, 9.17) is 27.2 Å². The monoisotopic (exact) mass is 241 g/mol. The molecule has 0 aliphatic carbocycles. The summed E-state index contributed by atoms with van der Waals surface area (Å²) >= 11 is 5.95. The van der Waals surface area contributed by atoms with Gasteiger partial charge in [0.05, 0.1) is 6.61 Å². The van der Waals surface area contributed by atoms with Crippen LogP contribution in [0.2, 0.25) is 5.02 Å². The fourth-order valence-corrected chi connectivity index (χ4v) is 2.09. The lowest BCUT2D eigenvalue weighted by atomic mass is 10.0. The maximum Gasteiger partial charge on any atom is 0.320 e. The predicted molar refractivity (Wildman–Crippen MR) is 60.0 cm³/mol. The molecule has 0 amide bonds. The highest BCUT2D eigenvalue weighted by Crippen LogP contribution is 2.33. The van der Waals surface area contributed by atoms with Gasteiger partial charge < -0.3 is 15.6 Å².